The lowest BCUT2D eigenvalue weighted by molar-refractivity contribution is -0.144. The van der Waals surface area contributed by atoms with Crippen molar-refractivity contribution in [2.75, 3.05) is 52.7 Å². The number of methoxy groups -OCH3 is 1. The van der Waals surface area contributed by atoms with Crippen LogP contribution in [0, 0.1) is 11.8 Å². The third-order valence-electron chi connectivity index (χ3n) is 10.1. The van der Waals surface area contributed by atoms with Gasteiger partial charge in [0.25, 0.3) is 0 Å². The van der Waals surface area contributed by atoms with Crippen LogP contribution in [0.15, 0.2) is 83.8 Å². The van der Waals surface area contributed by atoms with Crippen LogP contribution in [-0.2, 0) is 51.3 Å². The van der Waals surface area contributed by atoms with E-state index < -0.39 is 60.2 Å². The first-order valence-electron chi connectivity index (χ1n) is 20.3. The number of benzene rings is 3. The summed E-state index contributed by atoms with van der Waals surface area (Å²) >= 11 is 0. The summed E-state index contributed by atoms with van der Waals surface area (Å²) in [5, 5.41) is 20.7. The van der Waals surface area contributed by atoms with E-state index in [0.29, 0.717) is 37.6 Å². The van der Waals surface area contributed by atoms with Gasteiger partial charge in [-0.1, -0.05) is 56.3 Å². The first-order chi connectivity index (χ1) is 28.7. The highest BCUT2D eigenvalue weighted by molar-refractivity contribution is 7.89. The van der Waals surface area contributed by atoms with E-state index in [1.807, 2.05) is 44.2 Å². The molecule has 2 fully saturated rings. The van der Waals surface area contributed by atoms with E-state index in [1.165, 1.54) is 23.5 Å². The molecule has 60 heavy (non-hydrogen) atoms. The van der Waals surface area contributed by atoms with Crippen LogP contribution >= 0.6 is 7.52 Å². The number of carbonyl (C=O) groups is 2. The molecule has 0 bridgehead atoms. The highest BCUT2D eigenvalue weighted by Crippen LogP contribution is 2.43. The van der Waals surface area contributed by atoms with Crippen molar-refractivity contribution in [2.24, 2.45) is 11.8 Å². The van der Waals surface area contributed by atoms with Gasteiger partial charge in [0.05, 0.1) is 56.1 Å². The summed E-state index contributed by atoms with van der Waals surface area (Å²) in [6.07, 6.45) is -2.11. The van der Waals surface area contributed by atoms with Crippen molar-refractivity contribution in [3.05, 3.63) is 90.0 Å². The minimum atomic E-state index is -4.05. The molecule has 2 aliphatic rings. The molecular weight excluding hydrogens is 816 g/mol. The maximum Gasteiger partial charge on any atom is 0.407 e. The molecule has 1 amide bonds. The summed E-state index contributed by atoms with van der Waals surface area (Å²) in [5.41, 5.74) is 1.67. The summed E-state index contributed by atoms with van der Waals surface area (Å²) in [6.45, 7) is 8.48. The molecule has 0 saturated carbocycles. The molecular formula is C42H59N4O12PS. The van der Waals surface area contributed by atoms with E-state index >= 15 is 0 Å². The van der Waals surface area contributed by atoms with Crippen molar-refractivity contribution in [2.45, 2.75) is 82.6 Å². The van der Waals surface area contributed by atoms with Gasteiger partial charge in [0.2, 0.25) is 10.0 Å². The molecule has 330 valence electrons. The molecule has 3 aromatic carbocycles. The summed E-state index contributed by atoms with van der Waals surface area (Å²) in [4.78, 5) is 25.7. The molecule has 3 aromatic rings. The molecule has 7 atom stereocenters. The summed E-state index contributed by atoms with van der Waals surface area (Å²) in [6, 6.07) is 20.5. The Kier molecular flexibility index (Phi) is 17.4. The zero-order valence-corrected chi connectivity index (χ0v) is 36.6. The molecule has 16 nitrogen and oxygen atoms in total. The normalized spacial score (nSPS) is 20.2. The van der Waals surface area contributed by atoms with Crippen molar-refractivity contribution >= 4 is 29.6 Å². The Morgan fingerprint density at radius 3 is 2.32 bits per heavy atom. The number of ether oxygens (including phenoxy) is 5. The number of hydrogen-bond donors (Lipinski definition) is 4. The molecule has 0 spiro atoms. The van der Waals surface area contributed by atoms with Gasteiger partial charge in [0, 0.05) is 26.2 Å². The number of sulfonamides is 1. The second kappa shape index (κ2) is 22.2. The highest BCUT2D eigenvalue weighted by atomic mass is 32.2. The zero-order valence-electron chi connectivity index (χ0n) is 34.9. The Bertz CT molecular complexity index is 1970. The first kappa shape index (κ1) is 47.0. The monoisotopic (exact) mass is 874 g/mol. The minimum Gasteiger partial charge on any atom is -0.497 e. The molecule has 4 N–H and O–H groups in total. The Balaban J connectivity index is 1.25. The fourth-order valence-electron chi connectivity index (χ4n) is 6.97. The van der Waals surface area contributed by atoms with Crippen molar-refractivity contribution in [1.29, 1.82) is 0 Å². The van der Waals surface area contributed by atoms with Gasteiger partial charge in [-0.2, -0.15) is 4.31 Å². The Hall–Kier alpha value is -4.06. The summed E-state index contributed by atoms with van der Waals surface area (Å²) < 4.78 is 76.1. The third-order valence-corrected chi connectivity index (χ3v) is 14.0. The van der Waals surface area contributed by atoms with Gasteiger partial charge in [-0.25, -0.2) is 18.3 Å². The number of esters is 1. The van der Waals surface area contributed by atoms with Crippen LogP contribution < -0.4 is 25.0 Å². The van der Waals surface area contributed by atoms with Crippen LogP contribution in [-0.4, -0.2) is 113 Å². The van der Waals surface area contributed by atoms with E-state index in [4.69, 9.17) is 28.2 Å². The second-order valence-corrected chi connectivity index (χ2v) is 19.5. The molecule has 0 radical (unpaired) electrons. The fourth-order valence-corrected chi connectivity index (χ4v) is 10.5. The van der Waals surface area contributed by atoms with Crippen molar-refractivity contribution in [3.8, 4) is 11.5 Å². The smallest absolute Gasteiger partial charge is 0.407 e. The number of nitrogens with zero attached hydrogens (tertiary/aromatic N) is 1. The largest absolute Gasteiger partial charge is 0.497 e. The standard InChI is InChI=1S/C42H59N4O12PS/c1-6-54-40(48)30(4)45-59(50,58-34-10-8-7-9-11-34)23-21-43-25-32-14-12-31(13-15-32)24-37(44-42(49)57-39-28-56-41-36(39)20-22-55-41)38(47)27-46(26-29(2)3)60(51,52)35-18-16-33(53-5)17-19-35/h7-19,29-30,36-39,41,43,47H,6,20-28H2,1-5H3,(H,44,49)(H,45,50)/t30-,36-,37-,38+,39-,41+,59?/m0/s1. The molecule has 2 saturated heterocycles. The summed E-state index contributed by atoms with van der Waals surface area (Å²) in [7, 11) is -6.10. The van der Waals surface area contributed by atoms with Gasteiger partial charge in [0.1, 0.15) is 23.6 Å². The van der Waals surface area contributed by atoms with Crippen LogP contribution in [0.3, 0.4) is 0 Å². The van der Waals surface area contributed by atoms with Gasteiger partial charge in [0.15, 0.2) is 6.29 Å². The number of nitrogens with one attached hydrogen (secondary N) is 3. The number of aliphatic hydroxyl groups excluding tert-OH is 1. The Labute approximate surface area is 353 Å². The Morgan fingerprint density at radius 1 is 0.950 bits per heavy atom. The first-order valence-corrected chi connectivity index (χ1v) is 23.5. The number of alkyl carbamates (subject to hydrolysis) is 1. The van der Waals surface area contributed by atoms with Crippen LogP contribution in [0.2, 0.25) is 0 Å². The maximum absolute atomic E-state index is 13.9. The molecule has 0 aromatic heterocycles. The van der Waals surface area contributed by atoms with Crippen molar-refractivity contribution < 1.29 is 55.9 Å². The SMILES string of the molecule is CCOC(=O)[C@H](C)NP(=O)(CCNCc1ccc(C[C@H](NC(=O)O[C@H]2CO[C@H]3OCC[C@H]32)[C@H](O)CN(CC(C)C)S(=O)(=O)c2ccc(OC)cc2)cc1)Oc1ccccc1. The van der Waals surface area contributed by atoms with Crippen molar-refractivity contribution in [1.82, 2.24) is 20.0 Å². The molecule has 2 heterocycles. The number of fused-ring (bicyclic) bond motifs is 1. The molecule has 1 unspecified atom stereocenters. The number of carbonyl (C=O) groups excluding carboxylic acids is 2. The molecule has 18 heteroatoms. The van der Waals surface area contributed by atoms with Crippen LogP contribution in [0.1, 0.15) is 45.2 Å². The molecule has 5 rings (SSSR count). The number of hydrogen-bond acceptors (Lipinski definition) is 13. The van der Waals surface area contributed by atoms with Gasteiger partial charge >= 0.3 is 19.6 Å². The third kappa shape index (κ3) is 13.5. The van der Waals surface area contributed by atoms with E-state index in [9.17, 15) is 27.7 Å². The van der Waals surface area contributed by atoms with Crippen LogP contribution in [0.4, 0.5) is 4.79 Å². The maximum atomic E-state index is 13.9. The number of para-hydroxylation sites is 1. The minimum absolute atomic E-state index is 0.0490. The van der Waals surface area contributed by atoms with E-state index in [-0.39, 0.29) is 55.6 Å². The molecule has 2 aliphatic heterocycles. The van der Waals surface area contributed by atoms with E-state index in [2.05, 4.69) is 15.7 Å². The van der Waals surface area contributed by atoms with Gasteiger partial charge < -0.3 is 43.9 Å². The number of aliphatic hydroxyl groups is 1. The topological polar surface area (TPSA) is 200 Å². The summed E-state index contributed by atoms with van der Waals surface area (Å²) in [5.74, 6) is 0.216. The van der Waals surface area contributed by atoms with Crippen LogP contribution in [0.5, 0.6) is 11.5 Å². The van der Waals surface area contributed by atoms with Crippen LogP contribution in [0.25, 0.3) is 0 Å². The lowest BCUT2D eigenvalue weighted by atomic mass is 10.00. The number of amides is 1. The van der Waals surface area contributed by atoms with Crippen molar-refractivity contribution in [3.63, 3.8) is 0 Å². The number of rotatable bonds is 23. The van der Waals surface area contributed by atoms with E-state index in [0.717, 1.165) is 11.1 Å². The van der Waals surface area contributed by atoms with Gasteiger partial charge in [-0.3, -0.25) is 9.36 Å². The van der Waals surface area contributed by atoms with Gasteiger partial charge in [-0.15, -0.1) is 0 Å². The predicted molar refractivity (Wildman–Crippen MR) is 224 cm³/mol. The second-order valence-electron chi connectivity index (χ2n) is 15.3. The predicted octanol–water partition coefficient (Wildman–Crippen LogP) is 4.70. The lowest BCUT2D eigenvalue weighted by Crippen LogP contribution is -2.51. The fraction of sp³-hybridized carbons (Fsp3) is 0.524. The van der Waals surface area contributed by atoms with Gasteiger partial charge in [-0.05, 0) is 80.1 Å². The average Bonchev–Trinajstić information content (AvgIpc) is 3.85. The average molecular weight is 875 g/mol. The zero-order chi connectivity index (χ0) is 43.3. The molecule has 0 aliphatic carbocycles. The van der Waals surface area contributed by atoms with E-state index in [1.54, 1.807) is 50.2 Å². The highest BCUT2D eigenvalue weighted by Gasteiger charge is 2.44. The quantitative estimate of drug-likeness (QED) is 0.0581. The Morgan fingerprint density at radius 2 is 1.65 bits per heavy atom. The lowest BCUT2D eigenvalue weighted by Gasteiger charge is -2.31.